The summed E-state index contributed by atoms with van der Waals surface area (Å²) in [5.41, 5.74) is 0.423. The number of hydrogen-bond donors (Lipinski definition) is 0. The topological polar surface area (TPSA) is 71.1 Å². The standard InChI is InChI=1S/C14H16O6S/c1-2-17-13(16)20-14(19-8-9-21-14)10-18-12(15)11-6-4-3-5-7-11/h3-7H,2,8-10H2,1H3. The monoisotopic (exact) mass is 312 g/mol. The zero-order chi connectivity index (χ0) is 15.1. The van der Waals surface area contributed by atoms with Gasteiger partial charge < -0.3 is 18.9 Å². The van der Waals surface area contributed by atoms with Crippen LogP contribution in [0.4, 0.5) is 4.79 Å². The number of benzene rings is 1. The van der Waals surface area contributed by atoms with Crippen molar-refractivity contribution in [1.29, 1.82) is 0 Å². The Balaban J connectivity index is 1.94. The summed E-state index contributed by atoms with van der Waals surface area (Å²) in [5.74, 6) is 0.140. The van der Waals surface area contributed by atoms with Crippen LogP contribution >= 0.6 is 11.8 Å². The summed E-state index contributed by atoms with van der Waals surface area (Å²) in [7, 11) is 0. The van der Waals surface area contributed by atoms with E-state index in [4.69, 9.17) is 18.9 Å². The fourth-order valence-corrected chi connectivity index (χ4v) is 2.61. The molecule has 114 valence electrons. The van der Waals surface area contributed by atoms with Gasteiger partial charge in [-0.15, -0.1) is 0 Å². The molecular formula is C14H16O6S. The van der Waals surface area contributed by atoms with E-state index in [0.29, 0.717) is 17.9 Å². The minimum Gasteiger partial charge on any atom is -0.454 e. The van der Waals surface area contributed by atoms with Crippen molar-refractivity contribution in [2.45, 2.75) is 12.0 Å². The molecule has 0 amide bonds. The fourth-order valence-electron chi connectivity index (χ4n) is 1.69. The van der Waals surface area contributed by atoms with Gasteiger partial charge in [0.2, 0.25) is 0 Å². The normalized spacial score (nSPS) is 20.8. The van der Waals surface area contributed by atoms with E-state index in [2.05, 4.69) is 0 Å². The van der Waals surface area contributed by atoms with Gasteiger partial charge in [0.15, 0.2) is 6.61 Å². The van der Waals surface area contributed by atoms with E-state index >= 15 is 0 Å². The molecule has 1 aromatic rings. The number of hydrogen-bond acceptors (Lipinski definition) is 7. The summed E-state index contributed by atoms with van der Waals surface area (Å²) in [5, 5.41) is -1.32. The van der Waals surface area contributed by atoms with Crippen molar-refractivity contribution in [3.8, 4) is 0 Å². The van der Waals surface area contributed by atoms with Gasteiger partial charge in [-0.3, -0.25) is 0 Å². The van der Waals surface area contributed by atoms with Crippen molar-refractivity contribution in [3.05, 3.63) is 35.9 Å². The van der Waals surface area contributed by atoms with Crippen LogP contribution in [0.5, 0.6) is 0 Å². The molecule has 1 fully saturated rings. The van der Waals surface area contributed by atoms with Gasteiger partial charge >= 0.3 is 17.2 Å². The Morgan fingerprint density at radius 2 is 2.05 bits per heavy atom. The molecule has 1 atom stereocenters. The van der Waals surface area contributed by atoms with Crippen LogP contribution in [0.1, 0.15) is 17.3 Å². The van der Waals surface area contributed by atoms with Gasteiger partial charge in [-0.1, -0.05) is 30.0 Å². The number of carbonyl (C=O) groups is 2. The second-order valence-electron chi connectivity index (χ2n) is 4.11. The largest absolute Gasteiger partial charge is 0.511 e. The van der Waals surface area contributed by atoms with Gasteiger partial charge in [-0.05, 0) is 19.1 Å². The molecule has 1 saturated heterocycles. The first-order valence-corrected chi connectivity index (χ1v) is 7.49. The van der Waals surface area contributed by atoms with Crippen LogP contribution in [-0.2, 0) is 18.9 Å². The molecule has 0 N–H and O–H groups in total. The quantitative estimate of drug-likeness (QED) is 0.773. The Kier molecular flexibility index (Phi) is 5.46. The third-order valence-electron chi connectivity index (χ3n) is 2.62. The maximum absolute atomic E-state index is 11.9. The molecule has 1 unspecified atom stereocenters. The highest BCUT2D eigenvalue weighted by Gasteiger charge is 2.42. The van der Waals surface area contributed by atoms with E-state index < -0.39 is 17.2 Å². The minimum atomic E-state index is -1.32. The molecular weight excluding hydrogens is 296 g/mol. The average Bonchev–Trinajstić information content (AvgIpc) is 2.95. The van der Waals surface area contributed by atoms with Crippen molar-refractivity contribution in [1.82, 2.24) is 0 Å². The third kappa shape index (κ3) is 4.37. The summed E-state index contributed by atoms with van der Waals surface area (Å²) in [6.45, 7) is 2.09. The van der Waals surface area contributed by atoms with Gasteiger partial charge in [0.05, 0.1) is 18.8 Å². The highest BCUT2D eigenvalue weighted by atomic mass is 32.2. The van der Waals surface area contributed by atoms with Gasteiger partial charge in [0.1, 0.15) is 0 Å². The molecule has 0 spiro atoms. The van der Waals surface area contributed by atoms with E-state index in [1.54, 1.807) is 37.3 Å². The first-order chi connectivity index (χ1) is 10.2. The van der Waals surface area contributed by atoms with Gasteiger partial charge in [-0.2, -0.15) is 0 Å². The lowest BCUT2D eigenvalue weighted by atomic mass is 10.2. The van der Waals surface area contributed by atoms with Gasteiger partial charge in [-0.25, -0.2) is 9.59 Å². The maximum Gasteiger partial charge on any atom is 0.511 e. The summed E-state index contributed by atoms with van der Waals surface area (Å²) in [4.78, 5) is 23.3. The molecule has 0 saturated carbocycles. The fraction of sp³-hybridized carbons (Fsp3) is 0.429. The Bertz CT molecular complexity index is 483. The summed E-state index contributed by atoms with van der Waals surface area (Å²) < 4.78 is 20.4. The van der Waals surface area contributed by atoms with Crippen LogP contribution in [0.15, 0.2) is 30.3 Å². The van der Waals surface area contributed by atoms with Gasteiger partial charge in [0.25, 0.3) is 0 Å². The molecule has 0 aromatic heterocycles. The zero-order valence-electron chi connectivity index (χ0n) is 11.6. The van der Waals surface area contributed by atoms with Crippen LogP contribution in [0.3, 0.4) is 0 Å². The predicted molar refractivity (Wildman–Crippen MR) is 76.0 cm³/mol. The molecule has 0 aliphatic carbocycles. The number of esters is 1. The number of thioether (sulfide) groups is 1. The Labute approximate surface area is 126 Å². The maximum atomic E-state index is 11.9. The third-order valence-corrected chi connectivity index (χ3v) is 3.75. The van der Waals surface area contributed by atoms with Crippen molar-refractivity contribution < 1.29 is 28.5 Å². The van der Waals surface area contributed by atoms with Crippen molar-refractivity contribution in [3.63, 3.8) is 0 Å². The van der Waals surface area contributed by atoms with Crippen LogP contribution < -0.4 is 0 Å². The molecule has 21 heavy (non-hydrogen) atoms. The molecule has 2 rings (SSSR count). The predicted octanol–water partition coefficient (Wildman–Crippen LogP) is 2.43. The SMILES string of the molecule is CCOC(=O)OC1(COC(=O)c2ccccc2)OCCS1. The van der Waals surface area contributed by atoms with Crippen molar-refractivity contribution >= 4 is 23.9 Å². The van der Waals surface area contributed by atoms with E-state index in [9.17, 15) is 9.59 Å². The minimum absolute atomic E-state index is 0.190. The van der Waals surface area contributed by atoms with E-state index in [1.807, 2.05) is 0 Å². The molecule has 1 heterocycles. The Hall–Kier alpha value is -1.73. The van der Waals surface area contributed by atoms with Crippen LogP contribution in [0.2, 0.25) is 0 Å². The highest BCUT2D eigenvalue weighted by molar-refractivity contribution is 8.00. The lowest BCUT2D eigenvalue weighted by Crippen LogP contribution is -2.37. The number of carbonyl (C=O) groups excluding carboxylic acids is 2. The van der Waals surface area contributed by atoms with Crippen LogP contribution in [0.25, 0.3) is 0 Å². The smallest absolute Gasteiger partial charge is 0.454 e. The van der Waals surface area contributed by atoms with E-state index in [-0.39, 0.29) is 13.2 Å². The van der Waals surface area contributed by atoms with Gasteiger partial charge in [0, 0.05) is 5.75 Å². The lowest BCUT2D eigenvalue weighted by Gasteiger charge is -2.25. The molecule has 0 radical (unpaired) electrons. The second-order valence-corrected chi connectivity index (χ2v) is 5.43. The molecule has 1 aromatic carbocycles. The van der Waals surface area contributed by atoms with Crippen molar-refractivity contribution in [2.24, 2.45) is 0 Å². The molecule has 0 bridgehead atoms. The van der Waals surface area contributed by atoms with E-state index in [0.717, 1.165) is 0 Å². The number of ether oxygens (including phenoxy) is 4. The average molecular weight is 312 g/mol. The number of rotatable bonds is 5. The lowest BCUT2D eigenvalue weighted by molar-refractivity contribution is -0.158. The van der Waals surface area contributed by atoms with E-state index in [1.165, 1.54) is 11.8 Å². The van der Waals surface area contributed by atoms with Crippen LogP contribution in [0, 0.1) is 0 Å². The summed E-state index contributed by atoms with van der Waals surface area (Å²) in [6, 6.07) is 8.57. The second kappa shape index (κ2) is 7.33. The van der Waals surface area contributed by atoms with Crippen molar-refractivity contribution in [2.75, 3.05) is 25.6 Å². The van der Waals surface area contributed by atoms with Crippen LogP contribution in [-0.4, -0.2) is 42.8 Å². The summed E-state index contributed by atoms with van der Waals surface area (Å²) in [6.07, 6.45) is -0.845. The Morgan fingerprint density at radius 1 is 1.29 bits per heavy atom. The molecule has 1 aliphatic heterocycles. The molecule has 6 nitrogen and oxygen atoms in total. The first-order valence-electron chi connectivity index (χ1n) is 6.51. The zero-order valence-corrected chi connectivity index (χ0v) is 12.4. The summed E-state index contributed by atoms with van der Waals surface area (Å²) >= 11 is 1.26. The Morgan fingerprint density at radius 3 is 2.67 bits per heavy atom. The molecule has 7 heteroatoms. The first kappa shape index (κ1) is 15.7. The highest BCUT2D eigenvalue weighted by Crippen LogP contribution is 2.35. The molecule has 1 aliphatic rings.